The second kappa shape index (κ2) is 6.11. The van der Waals surface area contributed by atoms with Crippen LogP contribution < -0.4 is 18.9 Å². The Hall–Kier alpha value is -2.47. The van der Waals surface area contributed by atoms with Crippen LogP contribution in [0.3, 0.4) is 0 Å². The van der Waals surface area contributed by atoms with Crippen molar-refractivity contribution in [3.05, 3.63) is 53.0 Å². The first-order valence-corrected chi connectivity index (χ1v) is 8.11. The molecule has 0 radical (unpaired) electrons. The van der Waals surface area contributed by atoms with Crippen LogP contribution in [0.5, 0.6) is 17.2 Å². The van der Waals surface area contributed by atoms with Crippen molar-refractivity contribution in [1.29, 1.82) is 0 Å². The predicted octanol–water partition coefficient (Wildman–Crippen LogP) is 2.38. The Bertz CT molecular complexity index is 789. The number of fused-ring (bicyclic) bond motifs is 1. The Kier molecular flexibility index (Phi) is 4.24. The Labute approximate surface area is 147 Å². The van der Waals surface area contributed by atoms with Crippen molar-refractivity contribution < 1.29 is 24.0 Å². The average Bonchev–Trinajstić information content (AvgIpc) is 2.68. The molecule has 1 N–H and O–H groups in total. The third-order valence-electron chi connectivity index (χ3n) is 4.53. The Balaban J connectivity index is 2.29. The third kappa shape index (κ3) is 2.98. The molecule has 6 nitrogen and oxygen atoms in total. The zero-order chi connectivity index (χ0) is 18.2. The molecule has 6 heteroatoms. The Morgan fingerprint density at radius 1 is 1.16 bits per heavy atom. The zero-order valence-electron chi connectivity index (χ0n) is 14.9. The summed E-state index contributed by atoms with van der Waals surface area (Å²) < 4.78 is 17.4. The average molecular weight is 345 g/mol. The highest BCUT2D eigenvalue weighted by Gasteiger charge is 2.47. The van der Waals surface area contributed by atoms with Gasteiger partial charge >= 0.3 is 0 Å². The highest BCUT2D eigenvalue weighted by Crippen LogP contribution is 2.48. The standard InChI is InChI=1S/C19H23NO5/c1-18(2)11-19(21,17-7-5-6-8-20(17)22)13-9-15(23-3)16(24-4)10-14(13)25-12-18/h5-10,21H,11-12H2,1-4H3. The summed E-state index contributed by atoms with van der Waals surface area (Å²) in [6, 6.07) is 8.38. The molecule has 1 aromatic heterocycles. The number of hydrogen-bond donors (Lipinski definition) is 1. The van der Waals surface area contributed by atoms with E-state index >= 15 is 0 Å². The molecule has 2 heterocycles. The normalized spacial score (nSPS) is 21.6. The van der Waals surface area contributed by atoms with Gasteiger partial charge in [-0.25, -0.2) is 0 Å². The molecular formula is C19H23NO5. The Morgan fingerprint density at radius 2 is 1.84 bits per heavy atom. The molecule has 0 fully saturated rings. The molecule has 3 rings (SSSR count). The fourth-order valence-electron chi connectivity index (χ4n) is 3.39. The quantitative estimate of drug-likeness (QED) is 0.683. The van der Waals surface area contributed by atoms with E-state index in [4.69, 9.17) is 14.2 Å². The minimum Gasteiger partial charge on any atom is -0.618 e. The van der Waals surface area contributed by atoms with Crippen LogP contribution in [0.25, 0.3) is 0 Å². The number of ether oxygens (including phenoxy) is 3. The molecule has 25 heavy (non-hydrogen) atoms. The molecule has 0 saturated carbocycles. The van der Waals surface area contributed by atoms with Crippen molar-refractivity contribution in [2.75, 3.05) is 20.8 Å². The van der Waals surface area contributed by atoms with Gasteiger partial charge in [0.15, 0.2) is 23.3 Å². The summed E-state index contributed by atoms with van der Waals surface area (Å²) in [7, 11) is 3.07. The first-order valence-electron chi connectivity index (χ1n) is 8.11. The van der Waals surface area contributed by atoms with Gasteiger partial charge < -0.3 is 24.5 Å². The topological polar surface area (TPSA) is 74.9 Å². The summed E-state index contributed by atoms with van der Waals surface area (Å²) >= 11 is 0. The van der Waals surface area contributed by atoms with Crippen LogP contribution in [0.4, 0.5) is 0 Å². The van der Waals surface area contributed by atoms with Crippen molar-refractivity contribution in [3.63, 3.8) is 0 Å². The van der Waals surface area contributed by atoms with Crippen LogP contribution >= 0.6 is 0 Å². The smallest absolute Gasteiger partial charge is 0.229 e. The van der Waals surface area contributed by atoms with Crippen LogP contribution in [0.2, 0.25) is 0 Å². The molecule has 2 aromatic rings. The highest BCUT2D eigenvalue weighted by molar-refractivity contribution is 5.54. The fourth-order valence-corrected chi connectivity index (χ4v) is 3.39. The van der Waals surface area contributed by atoms with Crippen LogP contribution in [-0.2, 0) is 5.60 Å². The lowest BCUT2D eigenvalue weighted by atomic mass is 9.76. The highest BCUT2D eigenvalue weighted by atomic mass is 16.5. The van der Waals surface area contributed by atoms with E-state index in [1.807, 2.05) is 13.8 Å². The van der Waals surface area contributed by atoms with E-state index in [0.717, 1.165) is 0 Å². The minimum absolute atomic E-state index is 0.252. The summed E-state index contributed by atoms with van der Waals surface area (Å²) in [6.07, 6.45) is 1.71. The maximum atomic E-state index is 12.4. The summed E-state index contributed by atoms with van der Waals surface area (Å²) in [5, 5.41) is 24.1. The van der Waals surface area contributed by atoms with E-state index in [1.165, 1.54) is 13.3 Å². The van der Waals surface area contributed by atoms with Crippen molar-refractivity contribution >= 4 is 0 Å². The second-order valence-electron chi connectivity index (χ2n) is 7.10. The number of hydrogen-bond acceptors (Lipinski definition) is 5. The SMILES string of the molecule is COc1cc2c(cc1OC)C(O)(c1cccc[n+]1[O-])CC(C)(C)CO2. The van der Waals surface area contributed by atoms with Crippen molar-refractivity contribution in [2.24, 2.45) is 5.41 Å². The molecule has 134 valence electrons. The van der Waals surface area contributed by atoms with Gasteiger partial charge in [-0.2, -0.15) is 4.73 Å². The van der Waals surface area contributed by atoms with Gasteiger partial charge in [0.2, 0.25) is 5.69 Å². The van der Waals surface area contributed by atoms with E-state index in [2.05, 4.69) is 0 Å². The fraction of sp³-hybridized carbons (Fsp3) is 0.421. The number of benzene rings is 1. The second-order valence-corrected chi connectivity index (χ2v) is 7.10. The molecular weight excluding hydrogens is 322 g/mol. The predicted molar refractivity (Wildman–Crippen MR) is 91.8 cm³/mol. The van der Waals surface area contributed by atoms with Gasteiger partial charge in [0, 0.05) is 29.2 Å². The largest absolute Gasteiger partial charge is 0.618 e. The summed E-state index contributed by atoms with van der Waals surface area (Å²) in [6.45, 7) is 4.40. The van der Waals surface area contributed by atoms with Gasteiger partial charge in [0.05, 0.1) is 20.8 Å². The Morgan fingerprint density at radius 3 is 2.48 bits per heavy atom. The third-order valence-corrected chi connectivity index (χ3v) is 4.53. The molecule has 0 saturated heterocycles. The first-order chi connectivity index (χ1) is 11.8. The van der Waals surface area contributed by atoms with Gasteiger partial charge in [-0.05, 0) is 18.6 Å². The van der Waals surface area contributed by atoms with E-state index in [0.29, 0.717) is 40.6 Å². The molecule has 0 amide bonds. The molecule has 1 aliphatic rings. The minimum atomic E-state index is -1.52. The van der Waals surface area contributed by atoms with Gasteiger partial charge in [-0.3, -0.25) is 0 Å². The van der Waals surface area contributed by atoms with Crippen LogP contribution in [0.15, 0.2) is 36.5 Å². The zero-order valence-corrected chi connectivity index (χ0v) is 14.9. The lowest BCUT2D eigenvalue weighted by molar-refractivity contribution is -0.622. The molecule has 1 aliphatic heterocycles. The molecule has 1 atom stereocenters. The molecule has 0 bridgehead atoms. The lowest BCUT2D eigenvalue weighted by Gasteiger charge is -2.31. The molecule has 0 aliphatic carbocycles. The van der Waals surface area contributed by atoms with E-state index in [-0.39, 0.29) is 11.1 Å². The van der Waals surface area contributed by atoms with Gasteiger partial charge in [0.1, 0.15) is 5.75 Å². The number of aliphatic hydroxyl groups is 1. The van der Waals surface area contributed by atoms with E-state index in [9.17, 15) is 10.3 Å². The van der Waals surface area contributed by atoms with E-state index < -0.39 is 5.60 Å². The molecule has 0 spiro atoms. The van der Waals surface area contributed by atoms with Crippen LogP contribution in [0.1, 0.15) is 31.5 Å². The molecule has 1 aromatic carbocycles. The van der Waals surface area contributed by atoms with Gasteiger partial charge in [-0.1, -0.05) is 13.8 Å². The monoisotopic (exact) mass is 345 g/mol. The van der Waals surface area contributed by atoms with Crippen molar-refractivity contribution in [3.8, 4) is 17.2 Å². The maximum Gasteiger partial charge on any atom is 0.229 e. The summed E-state index contributed by atoms with van der Waals surface area (Å²) in [5.41, 5.74) is -1.12. The van der Waals surface area contributed by atoms with Crippen molar-refractivity contribution in [1.82, 2.24) is 0 Å². The van der Waals surface area contributed by atoms with E-state index in [1.54, 1.807) is 37.4 Å². The number of methoxy groups -OCH3 is 2. The van der Waals surface area contributed by atoms with Crippen LogP contribution in [-0.4, -0.2) is 25.9 Å². The summed E-state index contributed by atoms with van der Waals surface area (Å²) in [5.74, 6) is 1.46. The first kappa shape index (κ1) is 17.4. The van der Waals surface area contributed by atoms with Gasteiger partial charge in [-0.15, -0.1) is 0 Å². The maximum absolute atomic E-state index is 12.4. The number of pyridine rings is 1. The van der Waals surface area contributed by atoms with Crippen molar-refractivity contribution in [2.45, 2.75) is 25.9 Å². The number of nitrogens with zero attached hydrogens (tertiary/aromatic N) is 1. The number of rotatable bonds is 3. The number of aromatic nitrogens is 1. The van der Waals surface area contributed by atoms with Crippen LogP contribution in [0, 0.1) is 10.6 Å². The van der Waals surface area contributed by atoms with Gasteiger partial charge in [0.25, 0.3) is 0 Å². The summed E-state index contributed by atoms with van der Waals surface area (Å²) in [4.78, 5) is 0. The lowest BCUT2D eigenvalue weighted by Crippen LogP contribution is -2.44. The molecule has 1 unspecified atom stereocenters.